The number of methoxy groups -OCH3 is 1. The van der Waals surface area contributed by atoms with E-state index in [0.717, 1.165) is 5.56 Å². The normalized spacial score (nSPS) is 11.7. The van der Waals surface area contributed by atoms with Crippen LogP contribution in [-0.4, -0.2) is 28.9 Å². The van der Waals surface area contributed by atoms with Crippen LogP contribution < -0.4 is 14.8 Å². The molecule has 6 nitrogen and oxygen atoms in total. The van der Waals surface area contributed by atoms with Crippen LogP contribution in [0.5, 0.6) is 11.5 Å². The third-order valence-corrected chi connectivity index (χ3v) is 3.99. The fourth-order valence-electron chi connectivity index (χ4n) is 2.60. The van der Waals surface area contributed by atoms with Crippen LogP contribution in [-0.2, 0) is 11.8 Å². The van der Waals surface area contributed by atoms with E-state index in [9.17, 15) is 9.18 Å². The minimum Gasteiger partial charge on any atom is -0.496 e. The van der Waals surface area contributed by atoms with E-state index in [1.807, 2.05) is 24.3 Å². The number of aromatic nitrogens is 2. The summed E-state index contributed by atoms with van der Waals surface area (Å²) in [5, 5.41) is 7.20. The van der Waals surface area contributed by atoms with Crippen molar-refractivity contribution in [2.45, 2.75) is 13.0 Å². The number of anilines is 1. The molecule has 0 bridgehead atoms. The van der Waals surface area contributed by atoms with Gasteiger partial charge in [-0.05, 0) is 31.2 Å². The number of nitrogens with one attached hydrogen (secondary N) is 1. The molecule has 0 unspecified atom stereocenters. The second-order valence-corrected chi connectivity index (χ2v) is 5.95. The zero-order valence-corrected chi connectivity index (χ0v) is 15.3. The number of aryl methyl sites for hydroxylation is 1. The highest BCUT2D eigenvalue weighted by Gasteiger charge is 2.18. The summed E-state index contributed by atoms with van der Waals surface area (Å²) in [7, 11) is 3.32. The number of nitrogens with zero attached hydrogens (tertiary/aromatic N) is 2. The number of benzene rings is 2. The van der Waals surface area contributed by atoms with Crippen molar-refractivity contribution in [1.82, 2.24) is 9.78 Å². The van der Waals surface area contributed by atoms with Crippen molar-refractivity contribution in [2.24, 2.45) is 7.05 Å². The smallest absolute Gasteiger partial charge is 0.266 e. The van der Waals surface area contributed by atoms with Gasteiger partial charge in [-0.1, -0.05) is 18.2 Å². The van der Waals surface area contributed by atoms with Crippen LogP contribution in [0.1, 0.15) is 6.92 Å². The largest absolute Gasteiger partial charge is 0.496 e. The van der Waals surface area contributed by atoms with Crippen LogP contribution in [0, 0.1) is 5.82 Å². The van der Waals surface area contributed by atoms with Crippen molar-refractivity contribution in [1.29, 1.82) is 0 Å². The Hall–Kier alpha value is -3.35. The van der Waals surface area contributed by atoms with Crippen molar-refractivity contribution in [3.63, 3.8) is 0 Å². The molecule has 1 amide bonds. The topological polar surface area (TPSA) is 65.4 Å². The zero-order chi connectivity index (χ0) is 19.4. The Morgan fingerprint density at radius 2 is 1.96 bits per heavy atom. The number of carbonyl (C=O) groups is 1. The molecule has 3 aromatic rings. The van der Waals surface area contributed by atoms with Gasteiger partial charge in [-0.25, -0.2) is 4.39 Å². The van der Waals surface area contributed by atoms with Gasteiger partial charge in [0.15, 0.2) is 6.10 Å². The van der Waals surface area contributed by atoms with E-state index in [-0.39, 0.29) is 11.7 Å². The standard InChI is InChI=1S/C20H20FN3O3/c1-13(27-15-8-6-7-14(21)11-15)20(25)22-19-12-17(23-24(19)2)16-9-4-5-10-18(16)26-3/h4-13H,1-3H3,(H,22,25)/t13-/m0/s1. The van der Waals surface area contributed by atoms with Gasteiger partial charge in [-0.15, -0.1) is 0 Å². The SMILES string of the molecule is COc1ccccc1-c1cc(NC(=O)[C@H](C)Oc2cccc(F)c2)n(C)n1. The van der Waals surface area contributed by atoms with Crippen LogP contribution in [0.15, 0.2) is 54.6 Å². The van der Waals surface area contributed by atoms with E-state index in [1.165, 1.54) is 18.2 Å². The van der Waals surface area contributed by atoms with E-state index >= 15 is 0 Å². The number of halogens is 1. The minimum absolute atomic E-state index is 0.289. The molecule has 2 aromatic carbocycles. The van der Waals surface area contributed by atoms with Gasteiger partial charge < -0.3 is 14.8 Å². The Bertz CT molecular complexity index is 955. The van der Waals surface area contributed by atoms with E-state index in [0.29, 0.717) is 17.3 Å². The predicted octanol–water partition coefficient (Wildman–Crippen LogP) is 3.64. The Morgan fingerprint density at radius 3 is 2.70 bits per heavy atom. The number of ether oxygens (including phenoxy) is 2. The van der Waals surface area contributed by atoms with Crippen LogP contribution in [0.25, 0.3) is 11.3 Å². The van der Waals surface area contributed by atoms with E-state index in [4.69, 9.17) is 9.47 Å². The van der Waals surface area contributed by atoms with Gasteiger partial charge in [0.1, 0.15) is 23.1 Å². The Balaban J connectivity index is 1.74. The van der Waals surface area contributed by atoms with E-state index in [2.05, 4.69) is 10.4 Å². The molecule has 7 heteroatoms. The first kappa shape index (κ1) is 18.4. The number of hydrogen-bond acceptors (Lipinski definition) is 4. The van der Waals surface area contributed by atoms with E-state index < -0.39 is 11.9 Å². The molecular formula is C20H20FN3O3. The van der Waals surface area contributed by atoms with Crippen LogP contribution >= 0.6 is 0 Å². The monoisotopic (exact) mass is 369 g/mol. The van der Waals surface area contributed by atoms with Crippen LogP contribution in [0.4, 0.5) is 10.2 Å². The van der Waals surface area contributed by atoms with Gasteiger partial charge in [0, 0.05) is 24.7 Å². The molecule has 1 atom stereocenters. The summed E-state index contributed by atoms with van der Waals surface area (Å²) in [5.74, 6) is 0.700. The molecule has 0 aliphatic carbocycles. The lowest BCUT2D eigenvalue weighted by Crippen LogP contribution is -2.30. The lowest BCUT2D eigenvalue weighted by molar-refractivity contribution is -0.122. The highest BCUT2D eigenvalue weighted by molar-refractivity contribution is 5.94. The molecule has 140 valence electrons. The van der Waals surface area contributed by atoms with Gasteiger partial charge >= 0.3 is 0 Å². The molecule has 0 saturated carbocycles. The van der Waals surface area contributed by atoms with Gasteiger partial charge in [0.05, 0.1) is 12.8 Å². The summed E-state index contributed by atoms with van der Waals surface area (Å²) in [6, 6.07) is 14.9. The molecule has 0 radical (unpaired) electrons. The maximum absolute atomic E-state index is 13.2. The summed E-state index contributed by atoms with van der Waals surface area (Å²) in [6.07, 6.45) is -0.809. The summed E-state index contributed by atoms with van der Waals surface area (Å²) < 4.78 is 25.7. The van der Waals surface area contributed by atoms with E-state index in [1.54, 1.807) is 37.9 Å². The lowest BCUT2D eigenvalue weighted by atomic mass is 10.1. The highest BCUT2D eigenvalue weighted by atomic mass is 19.1. The van der Waals surface area contributed by atoms with Gasteiger partial charge in [0.25, 0.3) is 5.91 Å². The summed E-state index contributed by atoms with van der Waals surface area (Å²) in [4.78, 5) is 12.4. The van der Waals surface area contributed by atoms with Gasteiger partial charge in [-0.3, -0.25) is 9.48 Å². The Labute approximate surface area is 156 Å². The predicted molar refractivity (Wildman–Crippen MR) is 100 cm³/mol. The fourth-order valence-corrected chi connectivity index (χ4v) is 2.60. The first-order valence-electron chi connectivity index (χ1n) is 8.38. The van der Waals surface area contributed by atoms with Crippen molar-refractivity contribution < 1.29 is 18.7 Å². The van der Waals surface area contributed by atoms with Crippen LogP contribution in [0.3, 0.4) is 0 Å². The lowest BCUT2D eigenvalue weighted by Gasteiger charge is -2.14. The van der Waals surface area contributed by atoms with Gasteiger partial charge in [-0.2, -0.15) is 5.10 Å². The molecule has 1 N–H and O–H groups in total. The van der Waals surface area contributed by atoms with Crippen molar-refractivity contribution in [2.75, 3.05) is 12.4 Å². The first-order chi connectivity index (χ1) is 13.0. The first-order valence-corrected chi connectivity index (χ1v) is 8.38. The molecule has 1 aromatic heterocycles. The molecule has 0 aliphatic heterocycles. The zero-order valence-electron chi connectivity index (χ0n) is 15.3. The van der Waals surface area contributed by atoms with Crippen molar-refractivity contribution in [3.05, 3.63) is 60.4 Å². The average molecular weight is 369 g/mol. The third-order valence-electron chi connectivity index (χ3n) is 3.99. The average Bonchev–Trinajstić information content (AvgIpc) is 3.02. The molecule has 1 heterocycles. The Morgan fingerprint density at radius 1 is 1.19 bits per heavy atom. The quantitative estimate of drug-likeness (QED) is 0.720. The second kappa shape index (κ2) is 7.90. The fraction of sp³-hybridized carbons (Fsp3) is 0.200. The van der Waals surface area contributed by atoms with Crippen LogP contribution in [0.2, 0.25) is 0 Å². The molecule has 27 heavy (non-hydrogen) atoms. The number of carbonyl (C=O) groups excluding carboxylic acids is 1. The molecule has 0 aliphatic rings. The minimum atomic E-state index is -0.809. The molecule has 3 rings (SSSR count). The Kier molecular flexibility index (Phi) is 5.40. The summed E-state index contributed by atoms with van der Waals surface area (Å²) in [6.45, 7) is 1.59. The molecular weight excluding hydrogens is 349 g/mol. The third kappa shape index (κ3) is 4.25. The number of para-hydroxylation sites is 1. The molecule has 0 saturated heterocycles. The second-order valence-electron chi connectivity index (χ2n) is 5.95. The van der Waals surface area contributed by atoms with Crippen molar-refractivity contribution >= 4 is 11.7 Å². The maximum Gasteiger partial charge on any atom is 0.266 e. The summed E-state index contributed by atoms with van der Waals surface area (Å²) >= 11 is 0. The number of rotatable bonds is 6. The number of hydrogen-bond donors (Lipinski definition) is 1. The maximum atomic E-state index is 13.2. The highest BCUT2D eigenvalue weighted by Crippen LogP contribution is 2.30. The molecule has 0 fully saturated rings. The van der Waals surface area contributed by atoms with Gasteiger partial charge in [0.2, 0.25) is 0 Å². The number of amides is 1. The summed E-state index contributed by atoms with van der Waals surface area (Å²) in [5.41, 5.74) is 1.49. The molecule has 0 spiro atoms. The van der Waals surface area contributed by atoms with Crippen molar-refractivity contribution in [3.8, 4) is 22.8 Å².